The first-order valence-electron chi connectivity index (χ1n) is 6.26. The minimum atomic E-state index is -1.22. The third-order valence-electron chi connectivity index (χ3n) is 3.45. The Morgan fingerprint density at radius 1 is 1.15 bits per heavy atom. The van der Waals surface area contributed by atoms with Gasteiger partial charge in [0.25, 0.3) is 5.91 Å². The van der Waals surface area contributed by atoms with E-state index in [0.29, 0.717) is 6.42 Å². The van der Waals surface area contributed by atoms with Gasteiger partial charge in [-0.05, 0) is 5.56 Å². The molecule has 1 heterocycles. The number of rotatable bonds is 5. The molecule has 1 aliphatic rings. The molecule has 0 N–H and O–H groups in total. The molecule has 0 radical (unpaired) electrons. The molecule has 6 heteroatoms. The predicted octanol–water partition coefficient (Wildman–Crippen LogP) is 1.94. The highest BCUT2D eigenvalue weighted by molar-refractivity contribution is 5.81. The Labute approximate surface area is 117 Å². The van der Waals surface area contributed by atoms with Crippen molar-refractivity contribution in [2.75, 3.05) is 21.3 Å². The number of azo groups is 1. The lowest BCUT2D eigenvalue weighted by atomic mass is 9.88. The van der Waals surface area contributed by atoms with E-state index >= 15 is 0 Å². The predicted molar refractivity (Wildman–Crippen MR) is 71.1 cm³/mol. The molecule has 6 nitrogen and oxygen atoms in total. The fourth-order valence-electron chi connectivity index (χ4n) is 2.33. The van der Waals surface area contributed by atoms with Crippen LogP contribution in [0.15, 0.2) is 40.6 Å². The molecule has 1 aromatic carbocycles. The van der Waals surface area contributed by atoms with E-state index in [1.807, 2.05) is 30.3 Å². The zero-order valence-electron chi connectivity index (χ0n) is 11.8. The van der Waals surface area contributed by atoms with Crippen molar-refractivity contribution in [1.82, 2.24) is 0 Å². The Morgan fingerprint density at radius 3 is 2.30 bits per heavy atom. The average molecular weight is 278 g/mol. The van der Waals surface area contributed by atoms with E-state index in [1.165, 1.54) is 21.3 Å². The number of carbonyl (C=O) groups is 1. The van der Waals surface area contributed by atoms with E-state index in [2.05, 4.69) is 10.2 Å². The van der Waals surface area contributed by atoms with Crippen LogP contribution < -0.4 is 0 Å². The van der Waals surface area contributed by atoms with Crippen LogP contribution in [0.2, 0.25) is 0 Å². The quantitative estimate of drug-likeness (QED) is 0.609. The first-order chi connectivity index (χ1) is 9.60. The molecule has 0 fully saturated rings. The molecule has 1 unspecified atom stereocenters. The molecule has 1 atom stereocenters. The summed E-state index contributed by atoms with van der Waals surface area (Å²) in [7, 11) is 4.28. The lowest BCUT2D eigenvalue weighted by Crippen LogP contribution is -2.44. The van der Waals surface area contributed by atoms with Crippen molar-refractivity contribution in [3.8, 4) is 0 Å². The van der Waals surface area contributed by atoms with Gasteiger partial charge < -0.3 is 14.2 Å². The number of ether oxygens (including phenoxy) is 3. The monoisotopic (exact) mass is 278 g/mol. The van der Waals surface area contributed by atoms with Crippen LogP contribution in [0.25, 0.3) is 0 Å². The van der Waals surface area contributed by atoms with Gasteiger partial charge in [0.15, 0.2) is 5.54 Å². The fourth-order valence-corrected chi connectivity index (χ4v) is 2.33. The van der Waals surface area contributed by atoms with Crippen LogP contribution in [0, 0.1) is 0 Å². The Balaban J connectivity index is 2.30. The molecule has 0 bridgehead atoms. The second-order valence-corrected chi connectivity index (χ2v) is 4.68. The zero-order chi connectivity index (χ0) is 14.6. The van der Waals surface area contributed by atoms with E-state index in [1.54, 1.807) is 0 Å². The van der Waals surface area contributed by atoms with Crippen LogP contribution in [0.4, 0.5) is 0 Å². The molecule has 0 saturated heterocycles. The smallest absolute Gasteiger partial charge is 0.336 e. The lowest BCUT2D eigenvalue weighted by molar-refractivity contribution is -0.204. The summed E-state index contributed by atoms with van der Waals surface area (Å²) >= 11 is 0. The summed E-state index contributed by atoms with van der Waals surface area (Å²) in [5.41, 5.74) is -0.137. The first-order valence-corrected chi connectivity index (χ1v) is 6.26. The van der Waals surface area contributed by atoms with Crippen molar-refractivity contribution in [3.05, 3.63) is 35.9 Å². The van der Waals surface area contributed by atoms with Gasteiger partial charge >= 0.3 is 5.97 Å². The van der Waals surface area contributed by atoms with E-state index in [0.717, 1.165) is 5.56 Å². The first kappa shape index (κ1) is 14.6. The maximum atomic E-state index is 12.2. The van der Waals surface area contributed by atoms with Crippen molar-refractivity contribution < 1.29 is 19.0 Å². The summed E-state index contributed by atoms with van der Waals surface area (Å²) in [4.78, 5) is 12.2. The van der Waals surface area contributed by atoms with Gasteiger partial charge in [0.05, 0.1) is 13.5 Å². The zero-order valence-corrected chi connectivity index (χ0v) is 11.8. The van der Waals surface area contributed by atoms with Gasteiger partial charge in [-0.15, -0.1) is 5.11 Å². The van der Waals surface area contributed by atoms with Crippen LogP contribution in [0.1, 0.15) is 12.0 Å². The highest BCUT2D eigenvalue weighted by Crippen LogP contribution is 2.39. The number of esters is 1. The van der Waals surface area contributed by atoms with Gasteiger partial charge in [-0.25, -0.2) is 4.79 Å². The molecule has 0 spiro atoms. The Bertz CT molecular complexity index is 499. The third kappa shape index (κ3) is 2.57. The molecule has 1 aromatic rings. The SMILES string of the molecule is COC(=O)C1(Cc2ccccc2)CC(OC)(OC)N=N1. The summed E-state index contributed by atoms with van der Waals surface area (Å²) < 4.78 is 15.4. The van der Waals surface area contributed by atoms with Crippen molar-refractivity contribution in [3.63, 3.8) is 0 Å². The number of carbonyl (C=O) groups excluding carboxylic acids is 1. The van der Waals surface area contributed by atoms with Crippen molar-refractivity contribution in [1.29, 1.82) is 0 Å². The maximum absolute atomic E-state index is 12.2. The molecule has 1 aliphatic heterocycles. The molecule has 20 heavy (non-hydrogen) atoms. The topological polar surface area (TPSA) is 69.5 Å². The second kappa shape index (κ2) is 5.68. The van der Waals surface area contributed by atoms with E-state index < -0.39 is 17.4 Å². The summed E-state index contributed by atoms with van der Waals surface area (Å²) in [6, 6.07) is 9.59. The minimum absolute atomic E-state index is 0.189. The summed E-state index contributed by atoms with van der Waals surface area (Å²) in [6.07, 6.45) is 0.576. The molecular formula is C14H18N2O4. The molecule has 0 amide bonds. The van der Waals surface area contributed by atoms with Crippen molar-refractivity contribution in [2.24, 2.45) is 10.2 Å². The van der Waals surface area contributed by atoms with Gasteiger partial charge in [0, 0.05) is 20.6 Å². The maximum Gasteiger partial charge on any atom is 0.336 e. The second-order valence-electron chi connectivity index (χ2n) is 4.68. The Hall–Kier alpha value is -1.79. The van der Waals surface area contributed by atoms with Crippen LogP contribution in [0.3, 0.4) is 0 Å². The Morgan fingerprint density at radius 2 is 1.80 bits per heavy atom. The lowest BCUT2D eigenvalue weighted by Gasteiger charge is -2.26. The van der Waals surface area contributed by atoms with Crippen LogP contribution in [-0.2, 0) is 25.4 Å². The van der Waals surface area contributed by atoms with Crippen LogP contribution in [-0.4, -0.2) is 38.7 Å². The number of nitrogens with zero attached hydrogens (tertiary/aromatic N) is 2. The largest absolute Gasteiger partial charge is 0.467 e. The summed E-state index contributed by atoms with van der Waals surface area (Å²) in [5.74, 6) is -1.66. The number of benzene rings is 1. The van der Waals surface area contributed by atoms with E-state index in [-0.39, 0.29) is 6.42 Å². The third-order valence-corrected chi connectivity index (χ3v) is 3.45. The molecule has 2 rings (SSSR count). The molecule has 0 aliphatic carbocycles. The van der Waals surface area contributed by atoms with Gasteiger partial charge in [-0.2, -0.15) is 5.11 Å². The van der Waals surface area contributed by atoms with Crippen molar-refractivity contribution >= 4 is 5.97 Å². The molecular weight excluding hydrogens is 260 g/mol. The van der Waals surface area contributed by atoms with E-state index in [4.69, 9.17) is 14.2 Å². The molecule has 108 valence electrons. The highest BCUT2D eigenvalue weighted by atomic mass is 16.7. The number of hydrogen-bond acceptors (Lipinski definition) is 6. The fraction of sp³-hybridized carbons (Fsp3) is 0.500. The van der Waals surface area contributed by atoms with Gasteiger partial charge in [-0.1, -0.05) is 30.3 Å². The summed E-state index contributed by atoms with van der Waals surface area (Å²) in [6.45, 7) is 0. The average Bonchev–Trinajstić information content (AvgIpc) is 2.88. The van der Waals surface area contributed by atoms with Gasteiger partial charge in [0.2, 0.25) is 0 Å². The normalized spacial score (nSPS) is 23.8. The standard InChI is InChI=1S/C14H18N2O4/c1-18-12(17)13(9-11-7-5-4-6-8-11)10-14(19-2,20-3)16-15-13/h4-8H,9-10H2,1-3H3. The van der Waals surface area contributed by atoms with Crippen LogP contribution in [0.5, 0.6) is 0 Å². The minimum Gasteiger partial charge on any atom is -0.467 e. The number of methoxy groups -OCH3 is 3. The Kier molecular flexibility index (Phi) is 4.15. The van der Waals surface area contributed by atoms with Crippen LogP contribution >= 0.6 is 0 Å². The summed E-state index contributed by atoms with van der Waals surface area (Å²) in [5, 5.41) is 8.13. The number of hydrogen-bond donors (Lipinski definition) is 0. The van der Waals surface area contributed by atoms with Crippen molar-refractivity contribution in [2.45, 2.75) is 24.3 Å². The van der Waals surface area contributed by atoms with E-state index in [9.17, 15) is 4.79 Å². The van der Waals surface area contributed by atoms with Gasteiger partial charge in [-0.3, -0.25) is 0 Å². The molecule has 0 saturated carbocycles. The molecule has 0 aromatic heterocycles. The van der Waals surface area contributed by atoms with Gasteiger partial charge in [0.1, 0.15) is 0 Å². The highest BCUT2D eigenvalue weighted by Gasteiger charge is 2.54.